The van der Waals surface area contributed by atoms with Crippen LogP contribution in [0.15, 0.2) is 0 Å². The largest absolute Gasteiger partial charge is 0.390 e. The van der Waals surface area contributed by atoms with Gasteiger partial charge in [0.15, 0.2) is 0 Å². The first-order chi connectivity index (χ1) is 5.69. The number of hydrogen-bond donors (Lipinski definition) is 2. The van der Waals surface area contributed by atoms with Crippen molar-refractivity contribution >= 4 is 0 Å². The van der Waals surface area contributed by atoms with Gasteiger partial charge in [-0.1, -0.05) is 0 Å². The molecular formula is C10H21NO2. The molecule has 0 saturated carbocycles. The lowest BCUT2D eigenvalue weighted by molar-refractivity contribution is -0.151. The molecule has 3 nitrogen and oxygen atoms in total. The lowest BCUT2D eigenvalue weighted by atomic mass is 9.77. The van der Waals surface area contributed by atoms with Crippen molar-refractivity contribution in [2.45, 2.75) is 57.4 Å². The normalized spacial score (nSPS) is 39.0. The van der Waals surface area contributed by atoms with Gasteiger partial charge in [0.05, 0.1) is 12.2 Å². The zero-order valence-corrected chi connectivity index (χ0v) is 9.20. The van der Waals surface area contributed by atoms with Crippen LogP contribution in [0.25, 0.3) is 0 Å². The second-order valence-corrected chi connectivity index (χ2v) is 5.24. The van der Waals surface area contributed by atoms with Gasteiger partial charge < -0.3 is 10.2 Å². The van der Waals surface area contributed by atoms with Gasteiger partial charge in [0.1, 0.15) is 0 Å². The molecule has 1 saturated heterocycles. The van der Waals surface area contributed by atoms with Crippen molar-refractivity contribution < 1.29 is 10.2 Å². The maximum atomic E-state index is 9.82. The summed E-state index contributed by atoms with van der Waals surface area (Å²) in [7, 11) is 2.00. The molecule has 78 valence electrons. The second-order valence-electron chi connectivity index (χ2n) is 5.24. The first-order valence-electron chi connectivity index (χ1n) is 4.79. The third-order valence-corrected chi connectivity index (χ3v) is 3.57. The van der Waals surface area contributed by atoms with E-state index in [1.165, 1.54) is 0 Å². The highest BCUT2D eigenvalue weighted by Gasteiger charge is 2.48. The Morgan fingerprint density at radius 1 is 1.15 bits per heavy atom. The van der Waals surface area contributed by atoms with Crippen LogP contribution in [-0.2, 0) is 0 Å². The highest BCUT2D eigenvalue weighted by Crippen LogP contribution is 2.36. The molecule has 2 atom stereocenters. The Kier molecular flexibility index (Phi) is 2.48. The molecule has 0 aromatic heterocycles. The third-order valence-electron chi connectivity index (χ3n) is 3.57. The molecule has 1 aliphatic rings. The van der Waals surface area contributed by atoms with E-state index in [0.717, 1.165) is 0 Å². The van der Waals surface area contributed by atoms with Crippen LogP contribution in [-0.4, -0.2) is 45.4 Å². The van der Waals surface area contributed by atoms with Crippen molar-refractivity contribution in [1.29, 1.82) is 0 Å². The van der Waals surface area contributed by atoms with Gasteiger partial charge in [0, 0.05) is 11.1 Å². The first kappa shape index (κ1) is 11.0. The van der Waals surface area contributed by atoms with Crippen molar-refractivity contribution in [3.05, 3.63) is 0 Å². The van der Waals surface area contributed by atoms with Crippen molar-refractivity contribution in [1.82, 2.24) is 4.90 Å². The molecule has 0 aliphatic carbocycles. The van der Waals surface area contributed by atoms with E-state index < -0.39 is 12.2 Å². The fraction of sp³-hybridized carbons (Fsp3) is 1.00. The molecule has 1 fully saturated rings. The molecule has 0 amide bonds. The van der Waals surface area contributed by atoms with Gasteiger partial charge in [-0.25, -0.2) is 0 Å². The van der Waals surface area contributed by atoms with E-state index in [1.54, 1.807) is 0 Å². The molecule has 1 rings (SSSR count). The minimum absolute atomic E-state index is 0.0534. The molecular weight excluding hydrogens is 166 g/mol. The smallest absolute Gasteiger partial charge is 0.0977 e. The highest BCUT2D eigenvalue weighted by atomic mass is 16.3. The molecule has 0 radical (unpaired) electrons. The monoisotopic (exact) mass is 187 g/mol. The molecule has 0 aromatic rings. The standard InChI is InChI=1S/C10H21NO2/c1-9(2)6-7(12)8(13)10(3,4)11(9)5/h7-8,12-13H,6H2,1-5H3. The Morgan fingerprint density at radius 3 is 2.08 bits per heavy atom. The molecule has 0 spiro atoms. The number of aliphatic hydroxyl groups is 2. The number of nitrogens with zero attached hydrogens (tertiary/aromatic N) is 1. The second kappa shape index (κ2) is 2.94. The predicted octanol–water partition coefficient (Wildman–Crippen LogP) is 0.601. The van der Waals surface area contributed by atoms with E-state index in [-0.39, 0.29) is 11.1 Å². The lowest BCUT2D eigenvalue weighted by Gasteiger charge is -2.55. The summed E-state index contributed by atoms with van der Waals surface area (Å²) < 4.78 is 0. The predicted molar refractivity (Wildman–Crippen MR) is 52.6 cm³/mol. The summed E-state index contributed by atoms with van der Waals surface area (Å²) >= 11 is 0. The van der Waals surface area contributed by atoms with Crippen LogP contribution >= 0.6 is 0 Å². The van der Waals surface area contributed by atoms with Crippen molar-refractivity contribution in [2.75, 3.05) is 7.05 Å². The van der Waals surface area contributed by atoms with E-state index in [1.807, 2.05) is 20.9 Å². The first-order valence-corrected chi connectivity index (χ1v) is 4.79. The maximum absolute atomic E-state index is 9.82. The van der Waals surface area contributed by atoms with Crippen LogP contribution in [0, 0.1) is 0 Å². The number of rotatable bonds is 0. The Balaban J connectivity index is 2.96. The number of piperidine rings is 1. The van der Waals surface area contributed by atoms with Crippen molar-refractivity contribution in [3.8, 4) is 0 Å². The van der Waals surface area contributed by atoms with E-state index in [4.69, 9.17) is 0 Å². The van der Waals surface area contributed by atoms with Gasteiger partial charge in [-0.05, 0) is 41.2 Å². The number of hydrogen-bond acceptors (Lipinski definition) is 3. The Hall–Kier alpha value is -0.120. The molecule has 3 heteroatoms. The van der Waals surface area contributed by atoms with Crippen LogP contribution in [0.3, 0.4) is 0 Å². The summed E-state index contributed by atoms with van der Waals surface area (Å²) in [6.07, 6.45) is -0.652. The van der Waals surface area contributed by atoms with Crippen LogP contribution in [0.2, 0.25) is 0 Å². The zero-order chi connectivity index (χ0) is 10.4. The molecule has 1 aliphatic heterocycles. The molecule has 2 N–H and O–H groups in total. The van der Waals surface area contributed by atoms with E-state index in [9.17, 15) is 10.2 Å². The highest BCUT2D eigenvalue weighted by molar-refractivity contribution is 5.03. The number of likely N-dealkylation sites (tertiary alicyclic amines) is 1. The minimum atomic E-state index is -0.662. The van der Waals surface area contributed by atoms with Gasteiger partial charge in [-0.2, -0.15) is 0 Å². The average Bonchev–Trinajstić information content (AvgIpc) is 1.98. The molecule has 0 aromatic carbocycles. The molecule has 2 unspecified atom stereocenters. The van der Waals surface area contributed by atoms with E-state index in [2.05, 4.69) is 18.7 Å². The summed E-state index contributed by atoms with van der Waals surface area (Å²) in [5.41, 5.74) is -0.413. The van der Waals surface area contributed by atoms with Gasteiger partial charge >= 0.3 is 0 Å². The zero-order valence-electron chi connectivity index (χ0n) is 9.20. The average molecular weight is 187 g/mol. The fourth-order valence-electron chi connectivity index (χ4n) is 2.21. The van der Waals surface area contributed by atoms with Crippen LogP contribution < -0.4 is 0 Å². The Labute approximate surface area is 80.4 Å². The summed E-state index contributed by atoms with van der Waals surface area (Å²) in [5, 5.41) is 19.5. The summed E-state index contributed by atoms with van der Waals surface area (Å²) in [5.74, 6) is 0. The van der Waals surface area contributed by atoms with Gasteiger partial charge in [0.25, 0.3) is 0 Å². The lowest BCUT2D eigenvalue weighted by Crippen LogP contribution is -2.67. The van der Waals surface area contributed by atoms with Gasteiger partial charge in [-0.15, -0.1) is 0 Å². The van der Waals surface area contributed by atoms with Crippen molar-refractivity contribution in [2.24, 2.45) is 0 Å². The SMILES string of the molecule is CN1C(C)(C)CC(O)C(O)C1(C)C. The fourth-order valence-corrected chi connectivity index (χ4v) is 2.21. The van der Waals surface area contributed by atoms with E-state index in [0.29, 0.717) is 6.42 Å². The Morgan fingerprint density at radius 2 is 1.62 bits per heavy atom. The van der Waals surface area contributed by atoms with Crippen LogP contribution in [0.1, 0.15) is 34.1 Å². The molecule has 1 heterocycles. The van der Waals surface area contributed by atoms with Gasteiger partial charge in [-0.3, -0.25) is 4.90 Å². The molecule has 0 bridgehead atoms. The molecule has 13 heavy (non-hydrogen) atoms. The third kappa shape index (κ3) is 1.60. The minimum Gasteiger partial charge on any atom is -0.390 e. The van der Waals surface area contributed by atoms with E-state index >= 15 is 0 Å². The maximum Gasteiger partial charge on any atom is 0.0977 e. The van der Waals surface area contributed by atoms with Crippen LogP contribution in [0.4, 0.5) is 0 Å². The summed E-state index contributed by atoms with van der Waals surface area (Å²) in [6.45, 7) is 8.09. The Bertz CT molecular complexity index is 201. The van der Waals surface area contributed by atoms with Gasteiger partial charge in [0.2, 0.25) is 0 Å². The quantitative estimate of drug-likeness (QED) is 0.583. The number of likely N-dealkylation sites (N-methyl/N-ethyl adjacent to an activating group) is 1. The van der Waals surface area contributed by atoms with Crippen molar-refractivity contribution in [3.63, 3.8) is 0 Å². The summed E-state index contributed by atoms with van der Waals surface area (Å²) in [6, 6.07) is 0. The number of aliphatic hydroxyl groups excluding tert-OH is 2. The summed E-state index contributed by atoms with van der Waals surface area (Å²) in [4.78, 5) is 2.14. The topological polar surface area (TPSA) is 43.7 Å². The van der Waals surface area contributed by atoms with Crippen LogP contribution in [0.5, 0.6) is 0 Å².